The van der Waals surface area contributed by atoms with Gasteiger partial charge in [-0.2, -0.15) is 13.2 Å². The molecule has 2 heterocycles. The lowest BCUT2D eigenvalue weighted by Gasteiger charge is -2.33. The van der Waals surface area contributed by atoms with Gasteiger partial charge in [0.05, 0.1) is 23.1 Å². The number of carbonyl (C=O) groups excluding carboxylic acids is 1. The lowest BCUT2D eigenvalue weighted by atomic mass is 9.80. The first kappa shape index (κ1) is 29.5. The minimum atomic E-state index is -4.73. The molecule has 0 saturated heterocycles. The monoisotopic (exact) mass is 595 g/mol. The summed E-state index contributed by atoms with van der Waals surface area (Å²) in [5.74, 6) is -0.180. The van der Waals surface area contributed by atoms with Gasteiger partial charge in [0.15, 0.2) is 6.54 Å². The number of rotatable bonds is 10. The Kier molecular flexibility index (Phi) is 8.85. The zero-order valence-corrected chi connectivity index (χ0v) is 22.7. The van der Waals surface area contributed by atoms with Crippen LogP contribution in [0.5, 0.6) is 5.75 Å². The van der Waals surface area contributed by atoms with Gasteiger partial charge < -0.3 is 20.8 Å². The van der Waals surface area contributed by atoms with E-state index in [0.29, 0.717) is 30.6 Å². The van der Waals surface area contributed by atoms with E-state index in [4.69, 9.17) is 4.52 Å². The van der Waals surface area contributed by atoms with E-state index in [1.54, 1.807) is 42.5 Å². The number of nitrogens with one attached hydrogen (secondary N) is 3. The number of amides is 2. The van der Waals surface area contributed by atoms with E-state index < -0.39 is 23.7 Å². The van der Waals surface area contributed by atoms with Crippen molar-refractivity contribution in [1.82, 2.24) is 15.6 Å². The van der Waals surface area contributed by atoms with E-state index in [2.05, 4.69) is 31.2 Å². The molecule has 0 atom stereocenters. The van der Waals surface area contributed by atoms with Crippen molar-refractivity contribution >= 4 is 29.2 Å². The van der Waals surface area contributed by atoms with E-state index in [1.807, 2.05) is 0 Å². The number of carbonyl (C=O) groups is 1. The van der Waals surface area contributed by atoms with Gasteiger partial charge in [0, 0.05) is 30.6 Å². The number of aromatic hydroxyl groups is 1. The molecule has 11 nitrogen and oxygen atoms in total. The second-order valence-electron chi connectivity index (χ2n) is 10.2. The number of halogens is 3. The maximum absolute atomic E-state index is 13.5. The van der Waals surface area contributed by atoms with Gasteiger partial charge in [0.1, 0.15) is 5.75 Å². The van der Waals surface area contributed by atoms with Gasteiger partial charge >= 0.3 is 18.1 Å². The highest BCUT2D eigenvalue weighted by molar-refractivity contribution is 5.99. The Balaban J connectivity index is 1.14. The second kappa shape index (κ2) is 12.9. The van der Waals surface area contributed by atoms with Gasteiger partial charge in [0.25, 0.3) is 6.20 Å². The number of pyridine rings is 1. The number of benzene rings is 2. The van der Waals surface area contributed by atoms with Crippen molar-refractivity contribution in [2.45, 2.75) is 44.6 Å². The van der Waals surface area contributed by atoms with Gasteiger partial charge in [-0.15, -0.1) is 0 Å². The number of nitrogens with zero attached hydrogens (tertiary/aromatic N) is 4. The third-order valence-electron chi connectivity index (χ3n) is 6.76. The van der Waals surface area contributed by atoms with Crippen LogP contribution in [-0.2, 0) is 25.7 Å². The summed E-state index contributed by atoms with van der Waals surface area (Å²) in [4.78, 5) is 20.5. The van der Waals surface area contributed by atoms with E-state index in [-0.39, 0.29) is 29.4 Å². The van der Waals surface area contributed by atoms with Crippen LogP contribution in [0.1, 0.15) is 29.7 Å². The third-order valence-corrected chi connectivity index (χ3v) is 6.76. The van der Waals surface area contributed by atoms with Crippen LogP contribution in [0.2, 0.25) is 0 Å². The first-order chi connectivity index (χ1) is 20.6. The highest BCUT2D eigenvalue weighted by Crippen LogP contribution is 2.34. The summed E-state index contributed by atoms with van der Waals surface area (Å²) < 4.78 is 47.2. The molecule has 2 aromatic carbocycles. The fourth-order valence-electron chi connectivity index (χ4n) is 4.65. The van der Waals surface area contributed by atoms with Crippen molar-refractivity contribution in [1.29, 1.82) is 0 Å². The quantitative estimate of drug-likeness (QED) is 0.123. The number of anilines is 2. The average Bonchev–Trinajstić information content (AvgIpc) is 3.37. The fraction of sp³-hybridized carbons (Fsp3) is 0.276. The van der Waals surface area contributed by atoms with Gasteiger partial charge in [-0.3, -0.25) is 19.8 Å². The molecular formula is C29H28F3N7O4. The van der Waals surface area contributed by atoms with Crippen molar-refractivity contribution in [3.05, 3.63) is 89.9 Å². The molecule has 4 N–H and O–H groups in total. The fourth-order valence-corrected chi connectivity index (χ4v) is 4.65. The summed E-state index contributed by atoms with van der Waals surface area (Å²) in [5, 5.41) is 33.7. The molecular weight excluding hydrogens is 567 g/mol. The Morgan fingerprint density at radius 3 is 2.63 bits per heavy atom. The molecule has 0 aliphatic heterocycles. The Bertz CT molecular complexity index is 1570. The molecule has 2 amide bonds. The number of aliphatic imine (C=N–C) groups is 1. The number of hydrogen-bond donors (Lipinski definition) is 4. The Hall–Kier alpha value is -4.98. The molecule has 0 spiro atoms. The van der Waals surface area contributed by atoms with Crippen LogP contribution in [0.3, 0.4) is 0 Å². The number of hydrogen-bond acceptors (Lipinski definition) is 8. The van der Waals surface area contributed by atoms with Gasteiger partial charge in [-0.25, -0.2) is 4.79 Å². The lowest BCUT2D eigenvalue weighted by molar-refractivity contribution is -0.768. The molecule has 1 aliphatic rings. The molecule has 0 bridgehead atoms. The van der Waals surface area contributed by atoms with Crippen molar-refractivity contribution in [3.8, 4) is 5.75 Å². The van der Waals surface area contributed by atoms with Gasteiger partial charge in [-0.05, 0) is 54.6 Å². The van der Waals surface area contributed by atoms with E-state index in [1.165, 1.54) is 23.1 Å². The molecule has 0 unspecified atom stereocenters. The maximum atomic E-state index is 13.5. The number of alkyl halides is 3. The molecule has 1 saturated carbocycles. The largest absolute Gasteiger partial charge is 0.861 e. The molecule has 2 aromatic heterocycles. The SMILES string of the molecule is O=C(Nc1cc(N=C([O-])Cc2ccccc2)cc(C(F)(F)F)c1)Nc1c[n+](CC2CC(NCc3ccc(O)cn3)C2)no1. The Morgan fingerprint density at radius 1 is 1.12 bits per heavy atom. The molecule has 1 aliphatic carbocycles. The molecule has 0 radical (unpaired) electrons. The van der Waals surface area contributed by atoms with Gasteiger partial charge in [0.2, 0.25) is 5.27 Å². The molecule has 14 heteroatoms. The highest BCUT2D eigenvalue weighted by Gasteiger charge is 2.33. The number of urea groups is 1. The van der Waals surface area contributed by atoms with E-state index in [9.17, 15) is 28.2 Å². The van der Waals surface area contributed by atoms with E-state index >= 15 is 0 Å². The Morgan fingerprint density at radius 2 is 1.91 bits per heavy atom. The Labute approximate surface area is 244 Å². The van der Waals surface area contributed by atoms with Crippen molar-refractivity contribution < 1.29 is 37.4 Å². The summed E-state index contributed by atoms with van der Waals surface area (Å²) in [5.41, 5.74) is -0.0185. The van der Waals surface area contributed by atoms with Crippen LogP contribution in [0.15, 0.2) is 82.6 Å². The van der Waals surface area contributed by atoms with Crippen LogP contribution >= 0.6 is 0 Å². The van der Waals surface area contributed by atoms with E-state index in [0.717, 1.165) is 30.7 Å². The molecule has 43 heavy (non-hydrogen) atoms. The van der Waals surface area contributed by atoms with Crippen LogP contribution in [0.25, 0.3) is 0 Å². The van der Waals surface area contributed by atoms with Crippen LogP contribution in [0, 0.1) is 5.92 Å². The molecule has 5 rings (SSSR count). The van der Waals surface area contributed by atoms with Crippen molar-refractivity contribution in [3.63, 3.8) is 0 Å². The van der Waals surface area contributed by atoms with Crippen LogP contribution in [0.4, 0.5) is 35.2 Å². The predicted molar refractivity (Wildman–Crippen MR) is 147 cm³/mol. The van der Waals surface area contributed by atoms with Crippen molar-refractivity contribution in [2.24, 2.45) is 10.9 Å². The minimum absolute atomic E-state index is 0.000158. The lowest BCUT2D eigenvalue weighted by Crippen LogP contribution is -2.48. The van der Waals surface area contributed by atoms with Crippen LogP contribution < -0.4 is 25.7 Å². The molecule has 1 fully saturated rings. The predicted octanol–water partition coefficient (Wildman–Crippen LogP) is 3.93. The summed E-state index contributed by atoms with van der Waals surface area (Å²) >= 11 is 0. The summed E-state index contributed by atoms with van der Waals surface area (Å²) in [6.07, 6.45) is -0.125. The normalized spacial score (nSPS) is 16.9. The first-order valence-electron chi connectivity index (χ1n) is 13.4. The van der Waals surface area contributed by atoms with Gasteiger partial charge in [-0.1, -0.05) is 35.0 Å². The van der Waals surface area contributed by atoms with Crippen LogP contribution in [-0.4, -0.2) is 33.3 Å². The van der Waals surface area contributed by atoms with Crippen molar-refractivity contribution in [2.75, 3.05) is 10.6 Å². The first-order valence-corrected chi connectivity index (χ1v) is 13.4. The number of aromatic nitrogens is 3. The average molecular weight is 596 g/mol. The smallest absolute Gasteiger partial charge is 0.416 e. The summed E-state index contributed by atoms with van der Waals surface area (Å²) in [6, 6.07) is 14.2. The standard InChI is InChI=1S/C29H28F3N7O4/c30-29(31,32)20-11-23(35-26(41)10-18-4-2-1-3-5-18)13-24(12-20)36-28(42)37-27-17-39(38-43-27)16-19-8-22(9-19)33-14-21-6-7-25(40)15-34-21/h1-7,11-13,15,17,19,22,33H,8-10,14,16H2,(H3-,35,36,37,38,40,41,42). The highest BCUT2D eigenvalue weighted by atomic mass is 19.4. The second-order valence-corrected chi connectivity index (χ2v) is 10.2. The molecule has 224 valence electrons. The zero-order valence-electron chi connectivity index (χ0n) is 22.7. The summed E-state index contributed by atoms with van der Waals surface area (Å²) in [7, 11) is 0. The zero-order chi connectivity index (χ0) is 30.4. The third kappa shape index (κ3) is 8.52. The molecule has 4 aromatic rings. The summed E-state index contributed by atoms with van der Waals surface area (Å²) in [6.45, 7) is 1.14. The minimum Gasteiger partial charge on any atom is -0.861 e. The topological polar surface area (TPSA) is 152 Å². The maximum Gasteiger partial charge on any atom is 0.416 e.